The van der Waals surface area contributed by atoms with E-state index in [9.17, 15) is 14.5 Å². The maximum absolute atomic E-state index is 13.1. The summed E-state index contributed by atoms with van der Waals surface area (Å²) in [6.07, 6.45) is 0.658. The first kappa shape index (κ1) is 14.3. The third-order valence-corrected chi connectivity index (χ3v) is 3.13. The van der Waals surface area contributed by atoms with Crippen LogP contribution < -0.4 is 5.32 Å². The van der Waals surface area contributed by atoms with Gasteiger partial charge in [-0.3, -0.25) is 10.1 Å². The molecular weight excluding hydrogens is 283 g/mol. The van der Waals surface area contributed by atoms with Crippen LogP contribution in [0.25, 0.3) is 0 Å². The first-order valence-electron chi connectivity index (χ1n) is 5.98. The molecule has 0 fully saturated rings. The lowest BCUT2D eigenvalue weighted by Crippen LogP contribution is -2.05. The Balaban J connectivity index is 1.92. The molecule has 0 aliphatic heterocycles. The number of nitrogens with zero attached hydrogens (tertiary/aromatic N) is 1. The highest BCUT2D eigenvalue weighted by Crippen LogP contribution is 2.22. The standard InChI is InChI=1S/C14H12ClFN2O2/c15-13-6-3-11(16)9-14(13)17-8-7-10-1-4-12(5-2-10)18(19)20/h1-6,9,17H,7-8H2. The third-order valence-electron chi connectivity index (χ3n) is 2.80. The van der Waals surface area contributed by atoms with Gasteiger partial charge in [0.1, 0.15) is 5.82 Å². The van der Waals surface area contributed by atoms with Crippen LogP contribution in [0.15, 0.2) is 42.5 Å². The van der Waals surface area contributed by atoms with Gasteiger partial charge in [-0.1, -0.05) is 23.7 Å². The summed E-state index contributed by atoms with van der Waals surface area (Å²) >= 11 is 5.93. The molecule has 0 aromatic heterocycles. The maximum Gasteiger partial charge on any atom is 0.269 e. The number of anilines is 1. The first-order chi connectivity index (χ1) is 9.56. The topological polar surface area (TPSA) is 55.2 Å². The van der Waals surface area contributed by atoms with Gasteiger partial charge in [0.05, 0.1) is 15.6 Å². The van der Waals surface area contributed by atoms with Crippen molar-refractivity contribution < 1.29 is 9.31 Å². The number of nitro groups is 1. The van der Waals surface area contributed by atoms with Gasteiger partial charge in [-0.25, -0.2) is 4.39 Å². The van der Waals surface area contributed by atoms with E-state index in [4.69, 9.17) is 11.6 Å². The van der Waals surface area contributed by atoms with Gasteiger partial charge in [-0.05, 0) is 30.2 Å². The van der Waals surface area contributed by atoms with Crippen LogP contribution in [0.4, 0.5) is 15.8 Å². The third kappa shape index (κ3) is 3.68. The van der Waals surface area contributed by atoms with Crippen molar-refractivity contribution in [3.05, 3.63) is 69.0 Å². The van der Waals surface area contributed by atoms with Crippen molar-refractivity contribution in [3.63, 3.8) is 0 Å². The Morgan fingerprint density at radius 1 is 1.20 bits per heavy atom. The number of hydrogen-bond acceptors (Lipinski definition) is 3. The SMILES string of the molecule is O=[N+]([O-])c1ccc(CCNc2cc(F)ccc2Cl)cc1. The molecule has 0 spiro atoms. The first-order valence-corrected chi connectivity index (χ1v) is 6.36. The summed E-state index contributed by atoms with van der Waals surface area (Å²) in [5.74, 6) is -0.354. The summed E-state index contributed by atoms with van der Waals surface area (Å²) in [5.41, 5.74) is 1.55. The number of hydrogen-bond donors (Lipinski definition) is 1. The van der Waals surface area contributed by atoms with Crippen LogP contribution in [-0.4, -0.2) is 11.5 Å². The molecule has 0 bridgehead atoms. The van der Waals surface area contributed by atoms with E-state index in [1.807, 2.05) is 0 Å². The largest absolute Gasteiger partial charge is 0.383 e. The molecule has 0 saturated carbocycles. The van der Waals surface area contributed by atoms with Crippen LogP contribution in [0.3, 0.4) is 0 Å². The summed E-state index contributed by atoms with van der Waals surface area (Å²) in [5, 5.41) is 14.0. The van der Waals surface area contributed by atoms with Gasteiger partial charge in [-0.2, -0.15) is 0 Å². The van der Waals surface area contributed by atoms with Crippen LogP contribution in [0.5, 0.6) is 0 Å². The van der Waals surface area contributed by atoms with E-state index in [0.29, 0.717) is 23.7 Å². The molecule has 2 rings (SSSR count). The lowest BCUT2D eigenvalue weighted by molar-refractivity contribution is -0.384. The fourth-order valence-electron chi connectivity index (χ4n) is 1.76. The normalized spacial score (nSPS) is 10.3. The molecule has 0 unspecified atom stereocenters. The van der Waals surface area contributed by atoms with Crippen molar-refractivity contribution in [1.29, 1.82) is 0 Å². The summed E-state index contributed by atoms with van der Waals surface area (Å²) < 4.78 is 13.1. The lowest BCUT2D eigenvalue weighted by Gasteiger charge is -2.08. The van der Waals surface area contributed by atoms with Gasteiger partial charge in [0.25, 0.3) is 5.69 Å². The number of halogens is 2. The van der Waals surface area contributed by atoms with Crippen molar-refractivity contribution in [1.82, 2.24) is 0 Å². The zero-order chi connectivity index (χ0) is 14.5. The van der Waals surface area contributed by atoms with E-state index in [2.05, 4.69) is 5.32 Å². The number of nitrogens with one attached hydrogen (secondary N) is 1. The Morgan fingerprint density at radius 2 is 1.90 bits per heavy atom. The molecule has 20 heavy (non-hydrogen) atoms. The zero-order valence-corrected chi connectivity index (χ0v) is 11.2. The monoisotopic (exact) mass is 294 g/mol. The Morgan fingerprint density at radius 3 is 2.55 bits per heavy atom. The molecule has 0 aliphatic carbocycles. The Bertz CT molecular complexity index is 617. The molecular formula is C14H12ClFN2O2. The number of non-ortho nitro benzene ring substituents is 1. The molecule has 0 aliphatic rings. The summed E-state index contributed by atoms with van der Waals surface area (Å²) in [6, 6.07) is 10.4. The van der Waals surface area contributed by atoms with Gasteiger partial charge in [0.15, 0.2) is 0 Å². The highest BCUT2D eigenvalue weighted by atomic mass is 35.5. The molecule has 2 aromatic rings. The summed E-state index contributed by atoms with van der Waals surface area (Å²) in [7, 11) is 0. The quantitative estimate of drug-likeness (QED) is 0.669. The predicted octanol–water partition coefficient (Wildman–Crippen LogP) is 4.04. The van der Waals surface area contributed by atoms with Crippen molar-refractivity contribution in [2.24, 2.45) is 0 Å². The minimum absolute atomic E-state index is 0.0647. The summed E-state index contributed by atoms with van der Waals surface area (Å²) in [4.78, 5) is 10.1. The second-order valence-corrected chi connectivity index (χ2v) is 4.63. The number of benzene rings is 2. The predicted molar refractivity (Wildman–Crippen MR) is 76.7 cm³/mol. The molecule has 0 atom stereocenters. The molecule has 4 nitrogen and oxygen atoms in total. The Labute approximate surface area is 120 Å². The van der Waals surface area contributed by atoms with E-state index >= 15 is 0 Å². The van der Waals surface area contributed by atoms with Gasteiger partial charge in [0, 0.05) is 18.7 Å². The molecule has 1 N–H and O–H groups in total. The average molecular weight is 295 g/mol. The Kier molecular flexibility index (Phi) is 4.53. The maximum atomic E-state index is 13.1. The van der Waals surface area contributed by atoms with Crippen molar-refractivity contribution in [2.75, 3.05) is 11.9 Å². The Hall–Kier alpha value is -2.14. The second-order valence-electron chi connectivity index (χ2n) is 4.22. The molecule has 0 heterocycles. The molecule has 6 heteroatoms. The van der Waals surface area contributed by atoms with Crippen LogP contribution in [0, 0.1) is 15.9 Å². The van der Waals surface area contributed by atoms with Crippen molar-refractivity contribution >= 4 is 23.0 Å². The lowest BCUT2D eigenvalue weighted by atomic mass is 10.1. The second kappa shape index (κ2) is 6.34. The van der Waals surface area contributed by atoms with Crippen molar-refractivity contribution in [3.8, 4) is 0 Å². The molecule has 0 radical (unpaired) electrons. The number of nitro benzene ring substituents is 1. The van der Waals surface area contributed by atoms with E-state index in [1.54, 1.807) is 12.1 Å². The van der Waals surface area contributed by atoms with Crippen LogP contribution in [0.1, 0.15) is 5.56 Å². The summed E-state index contributed by atoms with van der Waals surface area (Å²) in [6.45, 7) is 0.557. The molecule has 104 valence electrons. The minimum atomic E-state index is -0.436. The van der Waals surface area contributed by atoms with E-state index in [-0.39, 0.29) is 11.5 Å². The number of rotatable bonds is 5. The van der Waals surface area contributed by atoms with E-state index in [0.717, 1.165) is 5.56 Å². The zero-order valence-electron chi connectivity index (χ0n) is 10.5. The fourth-order valence-corrected chi connectivity index (χ4v) is 1.94. The highest BCUT2D eigenvalue weighted by Gasteiger charge is 2.04. The van der Waals surface area contributed by atoms with E-state index < -0.39 is 4.92 Å². The van der Waals surface area contributed by atoms with Gasteiger partial charge in [0.2, 0.25) is 0 Å². The minimum Gasteiger partial charge on any atom is -0.383 e. The van der Waals surface area contributed by atoms with Gasteiger partial charge in [-0.15, -0.1) is 0 Å². The molecule has 0 amide bonds. The van der Waals surface area contributed by atoms with E-state index in [1.165, 1.54) is 30.3 Å². The molecule has 2 aromatic carbocycles. The average Bonchev–Trinajstić information content (AvgIpc) is 2.43. The molecule has 0 saturated heterocycles. The van der Waals surface area contributed by atoms with Crippen molar-refractivity contribution in [2.45, 2.75) is 6.42 Å². The van der Waals surface area contributed by atoms with Crippen LogP contribution >= 0.6 is 11.6 Å². The fraction of sp³-hybridized carbons (Fsp3) is 0.143. The van der Waals surface area contributed by atoms with Gasteiger partial charge < -0.3 is 5.32 Å². The smallest absolute Gasteiger partial charge is 0.269 e. The van der Waals surface area contributed by atoms with Crippen LogP contribution in [0.2, 0.25) is 5.02 Å². The highest BCUT2D eigenvalue weighted by molar-refractivity contribution is 6.33. The van der Waals surface area contributed by atoms with Crippen LogP contribution in [-0.2, 0) is 6.42 Å². The van der Waals surface area contributed by atoms with Gasteiger partial charge >= 0.3 is 0 Å².